The van der Waals surface area contributed by atoms with Gasteiger partial charge < -0.3 is 10.0 Å². The molecule has 1 fully saturated rings. The Morgan fingerprint density at radius 3 is 2.71 bits per heavy atom. The molecule has 0 saturated carbocycles. The third-order valence-corrected chi connectivity index (χ3v) is 4.74. The number of likely N-dealkylation sites (tertiary alicyclic amines) is 1. The zero-order valence-corrected chi connectivity index (χ0v) is 12.5. The highest BCUT2D eigenvalue weighted by Crippen LogP contribution is 2.27. The van der Waals surface area contributed by atoms with Crippen LogP contribution in [-0.4, -0.2) is 48.7 Å². The Kier molecular flexibility index (Phi) is 4.56. The predicted molar refractivity (Wildman–Crippen MR) is 83.4 cm³/mol. The molecule has 0 spiro atoms. The number of para-hydroxylation sites is 1. The van der Waals surface area contributed by atoms with Gasteiger partial charge in [0.25, 0.3) is 0 Å². The summed E-state index contributed by atoms with van der Waals surface area (Å²) in [6.07, 6.45) is 4.12. The van der Waals surface area contributed by atoms with Gasteiger partial charge in [-0.1, -0.05) is 18.2 Å². The molecule has 0 aromatic heterocycles. The van der Waals surface area contributed by atoms with Crippen LogP contribution in [0.25, 0.3) is 0 Å². The fourth-order valence-electron chi connectivity index (χ4n) is 3.40. The first-order chi connectivity index (χ1) is 10.3. The monoisotopic (exact) mass is 288 g/mol. The Hall–Kier alpha value is -1.39. The zero-order valence-electron chi connectivity index (χ0n) is 12.5. The summed E-state index contributed by atoms with van der Waals surface area (Å²) in [5, 5.41) is 9.18. The van der Waals surface area contributed by atoms with E-state index in [4.69, 9.17) is 0 Å². The maximum atomic E-state index is 12.6. The molecule has 2 aliphatic rings. The molecule has 1 saturated heterocycles. The van der Waals surface area contributed by atoms with E-state index in [9.17, 15) is 9.90 Å². The number of piperidine rings is 1. The number of carbonyl (C=O) groups excluding carboxylic acids is 1. The van der Waals surface area contributed by atoms with Crippen LogP contribution in [0.1, 0.15) is 24.8 Å². The molecule has 1 aromatic rings. The third kappa shape index (κ3) is 3.27. The van der Waals surface area contributed by atoms with Gasteiger partial charge in [0, 0.05) is 18.8 Å². The van der Waals surface area contributed by atoms with Crippen LogP contribution >= 0.6 is 0 Å². The smallest absolute Gasteiger partial charge is 0.241 e. The van der Waals surface area contributed by atoms with E-state index < -0.39 is 0 Å². The van der Waals surface area contributed by atoms with E-state index in [0.29, 0.717) is 12.5 Å². The number of carbonyl (C=O) groups is 1. The maximum absolute atomic E-state index is 12.6. The first-order valence-corrected chi connectivity index (χ1v) is 7.99. The highest BCUT2D eigenvalue weighted by Gasteiger charge is 2.25. The number of aryl methyl sites for hydroxylation is 1. The molecule has 2 heterocycles. The van der Waals surface area contributed by atoms with Crippen LogP contribution in [0.3, 0.4) is 0 Å². The summed E-state index contributed by atoms with van der Waals surface area (Å²) in [6, 6.07) is 8.25. The van der Waals surface area contributed by atoms with Gasteiger partial charge in [0.15, 0.2) is 0 Å². The fourth-order valence-corrected chi connectivity index (χ4v) is 3.40. The van der Waals surface area contributed by atoms with Gasteiger partial charge >= 0.3 is 0 Å². The molecule has 0 unspecified atom stereocenters. The van der Waals surface area contributed by atoms with Crippen molar-refractivity contribution in [2.24, 2.45) is 5.92 Å². The molecule has 2 aliphatic heterocycles. The number of nitrogens with zero attached hydrogens (tertiary/aromatic N) is 2. The lowest BCUT2D eigenvalue weighted by atomic mass is 9.98. The molecule has 1 N–H and O–H groups in total. The van der Waals surface area contributed by atoms with E-state index in [1.807, 2.05) is 17.0 Å². The number of hydrogen-bond acceptors (Lipinski definition) is 3. The van der Waals surface area contributed by atoms with Crippen molar-refractivity contribution in [2.45, 2.75) is 25.7 Å². The summed E-state index contributed by atoms with van der Waals surface area (Å²) in [5.41, 5.74) is 2.38. The van der Waals surface area contributed by atoms with Gasteiger partial charge in [0.05, 0.1) is 6.54 Å². The second-order valence-corrected chi connectivity index (χ2v) is 6.18. The lowest BCUT2D eigenvalue weighted by molar-refractivity contribution is -0.120. The normalized spacial score (nSPS) is 20.3. The van der Waals surface area contributed by atoms with Crippen molar-refractivity contribution in [3.05, 3.63) is 29.8 Å². The molecule has 114 valence electrons. The summed E-state index contributed by atoms with van der Waals surface area (Å²) in [4.78, 5) is 16.8. The van der Waals surface area contributed by atoms with Crippen molar-refractivity contribution >= 4 is 11.6 Å². The van der Waals surface area contributed by atoms with E-state index in [2.05, 4.69) is 17.0 Å². The lowest BCUT2D eigenvalue weighted by Crippen LogP contribution is -2.45. The topological polar surface area (TPSA) is 43.8 Å². The number of anilines is 1. The summed E-state index contributed by atoms with van der Waals surface area (Å²) >= 11 is 0. The number of rotatable bonds is 3. The van der Waals surface area contributed by atoms with Crippen molar-refractivity contribution in [2.75, 3.05) is 37.7 Å². The quantitative estimate of drug-likeness (QED) is 0.920. The lowest BCUT2D eigenvalue weighted by Gasteiger charge is -2.34. The summed E-state index contributed by atoms with van der Waals surface area (Å²) in [5.74, 6) is 0.636. The third-order valence-electron chi connectivity index (χ3n) is 4.74. The van der Waals surface area contributed by atoms with Crippen LogP contribution in [0.5, 0.6) is 0 Å². The van der Waals surface area contributed by atoms with Gasteiger partial charge in [0.2, 0.25) is 5.91 Å². The number of fused-ring (bicyclic) bond motifs is 1. The van der Waals surface area contributed by atoms with Crippen LogP contribution < -0.4 is 4.90 Å². The fraction of sp³-hybridized carbons (Fsp3) is 0.588. The molecule has 1 amide bonds. The van der Waals surface area contributed by atoms with Crippen molar-refractivity contribution in [1.82, 2.24) is 4.90 Å². The molecule has 4 heteroatoms. The van der Waals surface area contributed by atoms with E-state index in [1.54, 1.807) is 0 Å². The average Bonchev–Trinajstić information content (AvgIpc) is 2.55. The molecule has 0 bridgehead atoms. The van der Waals surface area contributed by atoms with Crippen LogP contribution in [0, 0.1) is 5.92 Å². The Bertz CT molecular complexity index is 495. The number of hydrogen-bond donors (Lipinski definition) is 1. The minimum absolute atomic E-state index is 0.213. The van der Waals surface area contributed by atoms with Crippen LogP contribution in [0.4, 0.5) is 5.69 Å². The second-order valence-electron chi connectivity index (χ2n) is 6.18. The number of benzene rings is 1. The average molecular weight is 288 g/mol. The highest BCUT2D eigenvalue weighted by atomic mass is 16.3. The van der Waals surface area contributed by atoms with Crippen molar-refractivity contribution in [3.8, 4) is 0 Å². The van der Waals surface area contributed by atoms with Crippen molar-refractivity contribution < 1.29 is 9.90 Å². The van der Waals surface area contributed by atoms with Crippen molar-refractivity contribution in [1.29, 1.82) is 0 Å². The number of aliphatic hydroxyl groups excluding tert-OH is 1. The Labute approximate surface area is 126 Å². The molecular weight excluding hydrogens is 264 g/mol. The molecule has 21 heavy (non-hydrogen) atoms. The predicted octanol–water partition coefficient (Wildman–Crippen LogP) is 1.67. The summed E-state index contributed by atoms with van der Waals surface area (Å²) in [6.45, 7) is 3.47. The van der Waals surface area contributed by atoms with Gasteiger partial charge in [-0.2, -0.15) is 0 Å². The summed E-state index contributed by atoms with van der Waals surface area (Å²) in [7, 11) is 0. The standard InChI is InChI=1S/C17H24N2O2/c20-13-14-7-10-18(11-8-14)12-17(21)19-9-3-5-15-4-1-2-6-16(15)19/h1-2,4,6,14,20H,3,5,7-13H2. The van der Waals surface area contributed by atoms with Crippen LogP contribution in [-0.2, 0) is 11.2 Å². The van der Waals surface area contributed by atoms with E-state index in [1.165, 1.54) is 5.56 Å². The molecule has 1 aromatic carbocycles. The molecule has 0 aliphatic carbocycles. The van der Waals surface area contributed by atoms with Crippen molar-refractivity contribution in [3.63, 3.8) is 0 Å². The van der Waals surface area contributed by atoms with E-state index in [0.717, 1.165) is 51.0 Å². The van der Waals surface area contributed by atoms with E-state index in [-0.39, 0.29) is 12.5 Å². The first kappa shape index (κ1) is 14.5. The summed E-state index contributed by atoms with van der Waals surface area (Å²) < 4.78 is 0. The molecule has 4 nitrogen and oxygen atoms in total. The maximum Gasteiger partial charge on any atom is 0.241 e. The van der Waals surface area contributed by atoms with Gasteiger partial charge in [-0.05, 0) is 56.3 Å². The SMILES string of the molecule is O=C(CN1CCC(CO)CC1)N1CCCc2ccccc21. The highest BCUT2D eigenvalue weighted by molar-refractivity contribution is 5.95. The molecule has 3 rings (SSSR count). The minimum atomic E-state index is 0.213. The van der Waals surface area contributed by atoms with Gasteiger partial charge in [-0.25, -0.2) is 0 Å². The second kappa shape index (κ2) is 6.58. The van der Waals surface area contributed by atoms with Gasteiger partial charge in [0.1, 0.15) is 0 Å². The zero-order chi connectivity index (χ0) is 14.7. The molecule has 0 radical (unpaired) electrons. The molecule has 0 atom stereocenters. The van der Waals surface area contributed by atoms with Gasteiger partial charge in [-0.15, -0.1) is 0 Å². The number of aliphatic hydroxyl groups is 1. The first-order valence-electron chi connectivity index (χ1n) is 7.99. The largest absolute Gasteiger partial charge is 0.396 e. The Balaban J connectivity index is 1.62. The van der Waals surface area contributed by atoms with Crippen LogP contribution in [0.15, 0.2) is 24.3 Å². The molecular formula is C17H24N2O2. The number of amides is 1. The minimum Gasteiger partial charge on any atom is -0.396 e. The van der Waals surface area contributed by atoms with Crippen LogP contribution in [0.2, 0.25) is 0 Å². The Morgan fingerprint density at radius 2 is 1.95 bits per heavy atom. The van der Waals surface area contributed by atoms with Gasteiger partial charge in [-0.3, -0.25) is 9.69 Å². The van der Waals surface area contributed by atoms with E-state index >= 15 is 0 Å². The Morgan fingerprint density at radius 1 is 1.19 bits per heavy atom.